The first-order valence-corrected chi connectivity index (χ1v) is 6.71. The van der Waals surface area contributed by atoms with Crippen molar-refractivity contribution in [1.29, 1.82) is 0 Å². The number of aromatic nitrogens is 3. The van der Waals surface area contributed by atoms with E-state index in [1.165, 1.54) is 6.33 Å². The first kappa shape index (κ1) is 14.2. The van der Waals surface area contributed by atoms with Crippen LogP contribution in [0.1, 0.15) is 25.5 Å². The van der Waals surface area contributed by atoms with E-state index in [0.717, 1.165) is 18.7 Å². The third-order valence-corrected chi connectivity index (χ3v) is 3.20. The number of H-pyrrole nitrogens is 1. The van der Waals surface area contributed by atoms with Crippen LogP contribution in [-0.2, 0) is 4.79 Å². The van der Waals surface area contributed by atoms with E-state index in [-0.39, 0.29) is 11.9 Å². The maximum Gasteiger partial charge on any atom is 0.248 e. The molecule has 1 aromatic carbocycles. The van der Waals surface area contributed by atoms with Gasteiger partial charge in [-0.05, 0) is 18.7 Å². The zero-order chi connectivity index (χ0) is 14.4. The minimum atomic E-state index is -0.337. The molecule has 0 bridgehead atoms. The van der Waals surface area contributed by atoms with Crippen molar-refractivity contribution in [2.24, 2.45) is 0 Å². The SMILES string of the molecule is CCN(CC)[C@@H](C(=O)Nc1ncn[nH]1)c1ccccc1. The predicted molar refractivity (Wildman–Crippen MR) is 77.1 cm³/mol. The van der Waals surface area contributed by atoms with Crippen LogP contribution < -0.4 is 5.32 Å². The summed E-state index contributed by atoms with van der Waals surface area (Å²) in [5, 5.41) is 9.13. The molecule has 2 N–H and O–H groups in total. The molecule has 0 unspecified atom stereocenters. The molecule has 1 amide bonds. The van der Waals surface area contributed by atoms with Gasteiger partial charge in [0.1, 0.15) is 12.4 Å². The summed E-state index contributed by atoms with van der Waals surface area (Å²) in [6.45, 7) is 5.67. The Morgan fingerprint density at radius 3 is 2.55 bits per heavy atom. The molecule has 0 radical (unpaired) electrons. The van der Waals surface area contributed by atoms with Gasteiger partial charge in [0, 0.05) is 0 Å². The van der Waals surface area contributed by atoms with Crippen molar-refractivity contribution >= 4 is 11.9 Å². The lowest BCUT2D eigenvalue weighted by atomic mass is 10.0. The first-order chi connectivity index (χ1) is 9.76. The molecule has 0 fully saturated rings. The number of carbonyl (C=O) groups excluding carboxylic acids is 1. The standard InChI is InChI=1S/C14H19N5O/c1-3-19(4-2)12(11-8-6-5-7-9-11)13(20)17-14-15-10-16-18-14/h5-10,12H,3-4H2,1-2H3,(H2,15,16,17,18,20)/t12-/m1/s1. The van der Waals surface area contributed by atoms with Crippen molar-refractivity contribution in [3.8, 4) is 0 Å². The van der Waals surface area contributed by atoms with Crippen molar-refractivity contribution in [1.82, 2.24) is 20.1 Å². The molecule has 6 heteroatoms. The van der Waals surface area contributed by atoms with E-state index < -0.39 is 0 Å². The average molecular weight is 273 g/mol. The molecule has 0 saturated heterocycles. The second-order valence-corrected chi connectivity index (χ2v) is 4.36. The quantitative estimate of drug-likeness (QED) is 0.842. The van der Waals surface area contributed by atoms with Gasteiger partial charge in [0.25, 0.3) is 0 Å². The van der Waals surface area contributed by atoms with E-state index in [2.05, 4.69) is 25.4 Å². The van der Waals surface area contributed by atoms with E-state index in [9.17, 15) is 4.79 Å². The summed E-state index contributed by atoms with van der Waals surface area (Å²) >= 11 is 0. The lowest BCUT2D eigenvalue weighted by Gasteiger charge is -2.28. The summed E-state index contributed by atoms with van der Waals surface area (Å²) in [4.78, 5) is 18.6. The predicted octanol–water partition coefficient (Wildman–Crippen LogP) is 1.83. The van der Waals surface area contributed by atoms with Crippen molar-refractivity contribution in [3.05, 3.63) is 42.2 Å². The molecule has 106 valence electrons. The number of aromatic amines is 1. The zero-order valence-electron chi connectivity index (χ0n) is 11.7. The Morgan fingerprint density at radius 1 is 1.30 bits per heavy atom. The summed E-state index contributed by atoms with van der Waals surface area (Å²) in [7, 11) is 0. The van der Waals surface area contributed by atoms with Crippen LogP contribution >= 0.6 is 0 Å². The maximum atomic E-state index is 12.5. The minimum absolute atomic E-state index is 0.114. The van der Waals surface area contributed by atoms with E-state index in [4.69, 9.17) is 0 Å². The monoisotopic (exact) mass is 273 g/mol. The van der Waals surface area contributed by atoms with Crippen molar-refractivity contribution in [3.63, 3.8) is 0 Å². The highest BCUT2D eigenvalue weighted by Gasteiger charge is 2.26. The maximum absolute atomic E-state index is 12.5. The van der Waals surface area contributed by atoms with E-state index in [0.29, 0.717) is 5.95 Å². The topological polar surface area (TPSA) is 73.9 Å². The average Bonchev–Trinajstić information content (AvgIpc) is 2.98. The second-order valence-electron chi connectivity index (χ2n) is 4.36. The molecule has 1 aromatic heterocycles. The van der Waals surface area contributed by atoms with E-state index >= 15 is 0 Å². The Labute approximate surface area is 118 Å². The van der Waals surface area contributed by atoms with Crippen LogP contribution in [0.3, 0.4) is 0 Å². The number of hydrogen-bond donors (Lipinski definition) is 2. The number of benzene rings is 1. The van der Waals surface area contributed by atoms with Gasteiger partial charge in [0.2, 0.25) is 11.9 Å². The Morgan fingerprint density at radius 2 is 2.00 bits per heavy atom. The van der Waals surface area contributed by atoms with Crippen LogP contribution in [0.2, 0.25) is 0 Å². The Kier molecular flexibility index (Phi) is 4.84. The minimum Gasteiger partial charge on any atom is -0.293 e. The summed E-state index contributed by atoms with van der Waals surface area (Å²) in [6.07, 6.45) is 1.37. The third-order valence-electron chi connectivity index (χ3n) is 3.20. The normalized spacial score (nSPS) is 12.3. The summed E-state index contributed by atoms with van der Waals surface area (Å²) < 4.78 is 0. The molecule has 2 rings (SSSR count). The Bertz CT molecular complexity index is 522. The third kappa shape index (κ3) is 3.21. The van der Waals surface area contributed by atoms with Crippen molar-refractivity contribution in [2.75, 3.05) is 18.4 Å². The van der Waals surface area contributed by atoms with Crippen LogP contribution in [-0.4, -0.2) is 39.1 Å². The molecule has 0 spiro atoms. The fraction of sp³-hybridized carbons (Fsp3) is 0.357. The largest absolute Gasteiger partial charge is 0.293 e. The lowest BCUT2D eigenvalue weighted by molar-refractivity contribution is -0.121. The molecular weight excluding hydrogens is 254 g/mol. The summed E-state index contributed by atoms with van der Waals surface area (Å²) in [5.41, 5.74) is 0.966. The molecule has 0 aliphatic rings. The zero-order valence-corrected chi connectivity index (χ0v) is 11.7. The molecule has 6 nitrogen and oxygen atoms in total. The number of nitrogens with zero attached hydrogens (tertiary/aromatic N) is 3. The van der Waals surface area contributed by atoms with E-state index in [1.54, 1.807) is 0 Å². The number of amides is 1. The van der Waals surface area contributed by atoms with Gasteiger partial charge in [0.05, 0.1) is 0 Å². The number of hydrogen-bond acceptors (Lipinski definition) is 4. The van der Waals surface area contributed by atoms with Gasteiger partial charge in [-0.15, -0.1) is 0 Å². The molecule has 0 saturated carbocycles. The van der Waals surface area contributed by atoms with Gasteiger partial charge in [-0.3, -0.25) is 15.0 Å². The summed E-state index contributed by atoms with van der Waals surface area (Å²) in [6, 6.07) is 9.40. The number of anilines is 1. The molecule has 0 aliphatic heterocycles. The second kappa shape index (κ2) is 6.81. The van der Waals surface area contributed by atoms with Crippen LogP contribution in [0.15, 0.2) is 36.7 Å². The van der Waals surface area contributed by atoms with Gasteiger partial charge in [-0.2, -0.15) is 10.1 Å². The highest BCUT2D eigenvalue weighted by Crippen LogP contribution is 2.21. The van der Waals surface area contributed by atoms with Crippen LogP contribution in [0.25, 0.3) is 0 Å². The molecule has 2 aromatic rings. The number of likely N-dealkylation sites (N-methyl/N-ethyl adjacent to an activating group) is 1. The lowest BCUT2D eigenvalue weighted by Crippen LogP contribution is -2.37. The van der Waals surface area contributed by atoms with Gasteiger partial charge in [-0.1, -0.05) is 44.2 Å². The molecule has 20 heavy (non-hydrogen) atoms. The fourth-order valence-corrected chi connectivity index (χ4v) is 2.20. The Balaban J connectivity index is 2.24. The van der Waals surface area contributed by atoms with Gasteiger partial charge < -0.3 is 0 Å². The fourth-order valence-electron chi connectivity index (χ4n) is 2.20. The van der Waals surface area contributed by atoms with Crippen molar-refractivity contribution < 1.29 is 4.79 Å². The van der Waals surface area contributed by atoms with Crippen LogP contribution in [0.5, 0.6) is 0 Å². The van der Waals surface area contributed by atoms with Crippen LogP contribution in [0, 0.1) is 0 Å². The summed E-state index contributed by atoms with van der Waals surface area (Å²) in [5.74, 6) is 0.250. The number of nitrogens with one attached hydrogen (secondary N) is 2. The highest BCUT2D eigenvalue weighted by atomic mass is 16.2. The van der Waals surface area contributed by atoms with Crippen LogP contribution in [0.4, 0.5) is 5.95 Å². The Hall–Kier alpha value is -2.21. The van der Waals surface area contributed by atoms with E-state index in [1.807, 2.05) is 44.2 Å². The highest BCUT2D eigenvalue weighted by molar-refractivity contribution is 5.94. The number of rotatable bonds is 6. The smallest absolute Gasteiger partial charge is 0.248 e. The first-order valence-electron chi connectivity index (χ1n) is 6.71. The molecule has 0 aliphatic carbocycles. The van der Waals surface area contributed by atoms with Gasteiger partial charge >= 0.3 is 0 Å². The number of carbonyl (C=O) groups is 1. The van der Waals surface area contributed by atoms with Crippen molar-refractivity contribution in [2.45, 2.75) is 19.9 Å². The molecule has 1 atom stereocenters. The van der Waals surface area contributed by atoms with Gasteiger partial charge in [-0.25, -0.2) is 5.10 Å². The van der Waals surface area contributed by atoms with Gasteiger partial charge in [0.15, 0.2) is 0 Å². The molecular formula is C14H19N5O. The molecule has 1 heterocycles.